The molecule has 124 valence electrons. The Hall–Kier alpha value is -1.08. The second-order valence-corrected chi connectivity index (χ2v) is 7.33. The average Bonchev–Trinajstić information content (AvgIpc) is 3.18. The minimum atomic E-state index is -0.489. The normalized spacial score (nSPS) is 15.0. The molecule has 1 aliphatic rings. The lowest BCUT2D eigenvalue weighted by Crippen LogP contribution is -2.36. The first-order chi connectivity index (χ1) is 10.3. The van der Waals surface area contributed by atoms with E-state index in [0.717, 1.165) is 28.8 Å². The van der Waals surface area contributed by atoms with Gasteiger partial charge < -0.3 is 18.9 Å². The fraction of sp³-hybridized carbons (Fsp3) is 0.733. The van der Waals surface area contributed by atoms with E-state index in [1.165, 1.54) is 4.90 Å². The number of rotatable bonds is 6. The molecule has 6 nitrogen and oxygen atoms in total. The smallest absolute Gasteiger partial charge is 0.410 e. The zero-order chi connectivity index (χ0) is 16.3. The number of amides is 1. The van der Waals surface area contributed by atoms with Gasteiger partial charge in [0, 0.05) is 19.5 Å². The van der Waals surface area contributed by atoms with Gasteiger partial charge in [-0.15, -0.1) is 0 Å². The molecule has 1 aromatic rings. The molecule has 1 saturated carbocycles. The number of aromatic nitrogens is 1. The summed E-state index contributed by atoms with van der Waals surface area (Å²) in [7, 11) is 1.69. The topological polar surface area (TPSA) is 64.8 Å². The van der Waals surface area contributed by atoms with Crippen LogP contribution in [-0.2, 0) is 16.1 Å². The Morgan fingerprint density at radius 1 is 1.45 bits per heavy atom. The minimum absolute atomic E-state index is 0.352. The summed E-state index contributed by atoms with van der Waals surface area (Å²) in [6, 6.07) is 0. The second kappa shape index (κ2) is 7.00. The number of hydrogen-bond donors (Lipinski definition) is 0. The Bertz CT molecular complexity index is 520. The average molecular weight is 375 g/mol. The quantitative estimate of drug-likeness (QED) is 0.710. The molecule has 1 heterocycles. The Morgan fingerprint density at radius 3 is 2.73 bits per heavy atom. The third kappa shape index (κ3) is 4.98. The van der Waals surface area contributed by atoms with E-state index in [1.807, 2.05) is 20.8 Å². The van der Waals surface area contributed by atoms with Crippen molar-refractivity contribution in [2.75, 3.05) is 20.2 Å². The van der Waals surface area contributed by atoms with E-state index >= 15 is 0 Å². The molecular formula is C15H23BrN2O4. The maximum absolute atomic E-state index is 11.8. The van der Waals surface area contributed by atoms with Crippen molar-refractivity contribution >= 4 is 22.0 Å². The van der Waals surface area contributed by atoms with Crippen molar-refractivity contribution in [1.29, 1.82) is 0 Å². The van der Waals surface area contributed by atoms with Crippen LogP contribution in [0.4, 0.5) is 4.79 Å². The van der Waals surface area contributed by atoms with Crippen LogP contribution in [0.25, 0.3) is 0 Å². The molecule has 0 aliphatic heterocycles. The van der Waals surface area contributed by atoms with Gasteiger partial charge in [0.2, 0.25) is 0 Å². The first kappa shape index (κ1) is 17.3. The predicted molar refractivity (Wildman–Crippen MR) is 84.7 cm³/mol. The summed E-state index contributed by atoms with van der Waals surface area (Å²) in [5.41, 5.74) is 0.276. The van der Waals surface area contributed by atoms with Crippen molar-refractivity contribution in [3.05, 3.63) is 15.9 Å². The molecule has 0 radical (unpaired) electrons. The first-order valence-corrected chi connectivity index (χ1v) is 8.23. The van der Waals surface area contributed by atoms with Gasteiger partial charge in [-0.3, -0.25) is 0 Å². The maximum Gasteiger partial charge on any atom is 0.410 e. The van der Waals surface area contributed by atoms with E-state index in [9.17, 15) is 4.79 Å². The summed E-state index contributed by atoms with van der Waals surface area (Å²) < 4.78 is 17.1. The number of halogens is 1. The molecule has 0 aromatic carbocycles. The molecule has 1 aromatic heterocycles. The van der Waals surface area contributed by atoms with Crippen LogP contribution in [0.2, 0.25) is 0 Å². The van der Waals surface area contributed by atoms with Crippen LogP contribution in [-0.4, -0.2) is 42.0 Å². The molecule has 2 rings (SSSR count). The SMILES string of the molecule is CN(CCOCc1noc(C2CC2)c1Br)C(=O)OC(C)(C)C. The third-order valence-electron chi connectivity index (χ3n) is 3.19. The number of carbonyl (C=O) groups excluding carboxylic acids is 1. The van der Waals surface area contributed by atoms with Crippen LogP contribution in [0.15, 0.2) is 9.00 Å². The molecule has 0 bridgehead atoms. The van der Waals surface area contributed by atoms with Crippen LogP contribution >= 0.6 is 15.9 Å². The zero-order valence-electron chi connectivity index (χ0n) is 13.5. The van der Waals surface area contributed by atoms with Crippen molar-refractivity contribution in [2.24, 2.45) is 0 Å². The van der Waals surface area contributed by atoms with Gasteiger partial charge in [0.1, 0.15) is 11.3 Å². The van der Waals surface area contributed by atoms with Gasteiger partial charge in [0.05, 0.1) is 17.7 Å². The highest BCUT2D eigenvalue weighted by Gasteiger charge is 2.31. The fourth-order valence-corrected chi connectivity index (χ4v) is 2.40. The summed E-state index contributed by atoms with van der Waals surface area (Å²) in [6.45, 7) is 6.75. The maximum atomic E-state index is 11.8. The first-order valence-electron chi connectivity index (χ1n) is 7.43. The highest BCUT2D eigenvalue weighted by Crippen LogP contribution is 2.44. The van der Waals surface area contributed by atoms with Crippen molar-refractivity contribution < 1.29 is 18.8 Å². The van der Waals surface area contributed by atoms with E-state index in [1.54, 1.807) is 7.05 Å². The van der Waals surface area contributed by atoms with Gasteiger partial charge in [-0.05, 0) is 49.5 Å². The molecule has 0 saturated heterocycles. The Labute approximate surface area is 139 Å². The van der Waals surface area contributed by atoms with E-state index < -0.39 is 5.60 Å². The van der Waals surface area contributed by atoms with E-state index in [4.69, 9.17) is 14.0 Å². The summed E-state index contributed by atoms with van der Waals surface area (Å²) in [5.74, 6) is 1.43. The van der Waals surface area contributed by atoms with E-state index in [2.05, 4.69) is 21.1 Å². The number of likely N-dealkylation sites (N-methyl/N-ethyl adjacent to an activating group) is 1. The minimum Gasteiger partial charge on any atom is -0.444 e. The van der Waals surface area contributed by atoms with Gasteiger partial charge in [0.15, 0.2) is 5.76 Å². The van der Waals surface area contributed by atoms with Crippen molar-refractivity contribution in [3.63, 3.8) is 0 Å². The van der Waals surface area contributed by atoms with Gasteiger partial charge in [0.25, 0.3) is 0 Å². The standard InChI is InChI=1S/C15H23BrN2O4/c1-15(2,3)21-14(19)18(4)7-8-20-9-11-12(16)13(22-17-11)10-5-6-10/h10H,5-9H2,1-4H3. The van der Waals surface area contributed by atoms with Gasteiger partial charge in [-0.25, -0.2) is 4.79 Å². The van der Waals surface area contributed by atoms with Gasteiger partial charge in [-0.2, -0.15) is 0 Å². The monoisotopic (exact) mass is 374 g/mol. The van der Waals surface area contributed by atoms with E-state index in [-0.39, 0.29) is 6.09 Å². The highest BCUT2D eigenvalue weighted by atomic mass is 79.9. The number of carbonyl (C=O) groups is 1. The Kier molecular flexibility index (Phi) is 5.50. The van der Waals surface area contributed by atoms with Crippen molar-refractivity contribution in [2.45, 2.75) is 51.7 Å². The zero-order valence-corrected chi connectivity index (χ0v) is 15.1. The highest BCUT2D eigenvalue weighted by molar-refractivity contribution is 9.10. The molecule has 1 aliphatic carbocycles. The Morgan fingerprint density at radius 2 is 2.14 bits per heavy atom. The predicted octanol–water partition coefficient (Wildman–Crippen LogP) is 3.70. The molecule has 0 spiro atoms. The van der Waals surface area contributed by atoms with E-state index in [0.29, 0.717) is 25.7 Å². The van der Waals surface area contributed by atoms with Crippen LogP contribution in [0.5, 0.6) is 0 Å². The number of ether oxygens (including phenoxy) is 2. The van der Waals surface area contributed by atoms with Crippen molar-refractivity contribution in [1.82, 2.24) is 10.1 Å². The van der Waals surface area contributed by atoms with Crippen LogP contribution < -0.4 is 0 Å². The molecule has 0 unspecified atom stereocenters. The number of nitrogens with zero attached hydrogens (tertiary/aromatic N) is 2. The second-order valence-electron chi connectivity index (χ2n) is 6.54. The van der Waals surface area contributed by atoms with Crippen LogP contribution in [0.3, 0.4) is 0 Å². The summed E-state index contributed by atoms with van der Waals surface area (Å²) in [5, 5.41) is 4.03. The molecule has 1 fully saturated rings. The van der Waals surface area contributed by atoms with Crippen molar-refractivity contribution in [3.8, 4) is 0 Å². The fourth-order valence-electron chi connectivity index (χ4n) is 1.82. The molecule has 1 amide bonds. The molecule has 7 heteroatoms. The molecular weight excluding hydrogens is 352 g/mol. The Balaban J connectivity index is 1.69. The molecule has 0 atom stereocenters. The molecule has 22 heavy (non-hydrogen) atoms. The van der Waals surface area contributed by atoms with Gasteiger partial charge >= 0.3 is 6.09 Å². The third-order valence-corrected chi connectivity index (χ3v) is 4.04. The summed E-state index contributed by atoms with van der Waals surface area (Å²) in [6.07, 6.45) is 1.97. The lowest BCUT2D eigenvalue weighted by atomic mass is 10.2. The van der Waals surface area contributed by atoms with Crippen LogP contribution in [0.1, 0.15) is 51.0 Å². The molecule has 0 N–H and O–H groups in total. The summed E-state index contributed by atoms with van der Waals surface area (Å²) >= 11 is 3.51. The largest absolute Gasteiger partial charge is 0.444 e. The summed E-state index contributed by atoms with van der Waals surface area (Å²) in [4.78, 5) is 13.3. The van der Waals surface area contributed by atoms with Gasteiger partial charge in [-0.1, -0.05) is 5.16 Å². The lowest BCUT2D eigenvalue weighted by molar-refractivity contribution is 0.0218. The number of hydrogen-bond acceptors (Lipinski definition) is 5. The lowest BCUT2D eigenvalue weighted by Gasteiger charge is -2.24. The van der Waals surface area contributed by atoms with Crippen LogP contribution in [0, 0.1) is 0 Å².